The SMILES string of the molecule is Cc1ccccc1NC(=O)N(CCC(=O)N1CCC(C)CC1)C1CCCCC1. The number of carbonyl (C=O) groups excluding carboxylic acids is 2. The van der Waals surface area contributed by atoms with Crippen LogP contribution in [0.25, 0.3) is 0 Å². The fraction of sp³-hybridized carbons (Fsp3) is 0.652. The van der Waals surface area contributed by atoms with Crippen LogP contribution in [0.5, 0.6) is 0 Å². The molecular weight excluding hydrogens is 350 g/mol. The fourth-order valence-electron chi connectivity index (χ4n) is 4.38. The second kappa shape index (κ2) is 9.94. The number of piperidine rings is 1. The van der Waals surface area contributed by atoms with E-state index in [0.29, 0.717) is 18.9 Å². The second-order valence-corrected chi connectivity index (χ2v) is 8.54. The molecule has 154 valence electrons. The molecule has 1 saturated carbocycles. The lowest BCUT2D eigenvalue weighted by molar-refractivity contribution is -0.132. The van der Waals surface area contributed by atoms with Gasteiger partial charge in [0.25, 0.3) is 0 Å². The lowest BCUT2D eigenvalue weighted by Gasteiger charge is -2.35. The van der Waals surface area contributed by atoms with Gasteiger partial charge < -0.3 is 15.1 Å². The number of hydrogen-bond acceptors (Lipinski definition) is 2. The van der Waals surface area contributed by atoms with Crippen LogP contribution in [0.1, 0.15) is 63.9 Å². The number of para-hydroxylation sites is 1. The minimum atomic E-state index is -0.0683. The highest BCUT2D eigenvalue weighted by Gasteiger charge is 2.27. The molecule has 1 aliphatic heterocycles. The van der Waals surface area contributed by atoms with E-state index in [1.807, 2.05) is 41.0 Å². The van der Waals surface area contributed by atoms with Crippen LogP contribution in [0.4, 0.5) is 10.5 Å². The zero-order chi connectivity index (χ0) is 19.9. The average Bonchev–Trinajstić information content (AvgIpc) is 2.71. The largest absolute Gasteiger partial charge is 0.343 e. The molecule has 1 aromatic rings. The molecule has 2 aliphatic rings. The zero-order valence-corrected chi connectivity index (χ0v) is 17.5. The predicted molar refractivity (Wildman–Crippen MR) is 113 cm³/mol. The maximum absolute atomic E-state index is 13.1. The van der Waals surface area contributed by atoms with Gasteiger partial charge in [-0.1, -0.05) is 44.4 Å². The number of nitrogens with one attached hydrogen (secondary N) is 1. The summed E-state index contributed by atoms with van der Waals surface area (Å²) in [6.07, 6.45) is 8.25. The Morgan fingerprint density at radius 2 is 1.75 bits per heavy atom. The molecule has 0 unspecified atom stereocenters. The van der Waals surface area contributed by atoms with Gasteiger partial charge in [-0.05, 0) is 50.2 Å². The molecule has 0 spiro atoms. The van der Waals surface area contributed by atoms with Gasteiger partial charge in [0.05, 0.1) is 0 Å². The van der Waals surface area contributed by atoms with Crippen LogP contribution in [0.3, 0.4) is 0 Å². The smallest absolute Gasteiger partial charge is 0.322 e. The highest BCUT2D eigenvalue weighted by Crippen LogP contribution is 2.25. The molecule has 1 aromatic carbocycles. The zero-order valence-electron chi connectivity index (χ0n) is 17.5. The lowest BCUT2D eigenvalue weighted by Crippen LogP contribution is -2.46. The van der Waals surface area contributed by atoms with E-state index in [0.717, 1.165) is 62.9 Å². The van der Waals surface area contributed by atoms with E-state index in [1.54, 1.807) is 0 Å². The molecule has 1 aliphatic carbocycles. The van der Waals surface area contributed by atoms with Crippen molar-refractivity contribution in [2.45, 2.75) is 71.3 Å². The van der Waals surface area contributed by atoms with Gasteiger partial charge in [0.2, 0.25) is 5.91 Å². The molecular formula is C23H35N3O2. The Hall–Kier alpha value is -2.04. The number of amides is 3. The Bertz CT molecular complexity index is 662. The van der Waals surface area contributed by atoms with Crippen LogP contribution in [-0.4, -0.2) is 47.4 Å². The third-order valence-electron chi connectivity index (χ3n) is 6.37. The molecule has 0 bridgehead atoms. The van der Waals surface area contributed by atoms with Crippen molar-refractivity contribution in [3.63, 3.8) is 0 Å². The highest BCUT2D eigenvalue weighted by molar-refractivity contribution is 5.90. The Morgan fingerprint density at radius 3 is 2.43 bits per heavy atom. The van der Waals surface area contributed by atoms with Crippen LogP contribution in [0.15, 0.2) is 24.3 Å². The summed E-state index contributed by atoms with van der Waals surface area (Å²) in [7, 11) is 0. The third-order valence-corrected chi connectivity index (χ3v) is 6.37. The van der Waals surface area contributed by atoms with Gasteiger partial charge in [0, 0.05) is 37.8 Å². The second-order valence-electron chi connectivity index (χ2n) is 8.54. The molecule has 1 N–H and O–H groups in total. The van der Waals surface area contributed by atoms with E-state index >= 15 is 0 Å². The topological polar surface area (TPSA) is 52.7 Å². The molecule has 28 heavy (non-hydrogen) atoms. The summed E-state index contributed by atoms with van der Waals surface area (Å²) in [4.78, 5) is 29.7. The monoisotopic (exact) mass is 385 g/mol. The van der Waals surface area contributed by atoms with Crippen molar-refractivity contribution in [1.29, 1.82) is 0 Å². The van der Waals surface area contributed by atoms with Crippen LogP contribution in [-0.2, 0) is 4.79 Å². The molecule has 3 rings (SSSR count). The first-order chi connectivity index (χ1) is 13.5. The summed E-state index contributed by atoms with van der Waals surface area (Å²) in [6, 6.07) is 8.03. The first-order valence-corrected chi connectivity index (χ1v) is 11.0. The minimum absolute atomic E-state index is 0.0683. The first kappa shape index (κ1) is 20.7. The molecule has 1 heterocycles. The Morgan fingerprint density at radius 1 is 1.07 bits per heavy atom. The molecule has 0 atom stereocenters. The summed E-state index contributed by atoms with van der Waals surface area (Å²) < 4.78 is 0. The van der Waals surface area contributed by atoms with Gasteiger partial charge in [0.1, 0.15) is 0 Å². The molecule has 0 aromatic heterocycles. The van der Waals surface area contributed by atoms with E-state index in [1.165, 1.54) is 6.42 Å². The first-order valence-electron chi connectivity index (χ1n) is 11.0. The molecule has 3 amide bonds. The number of aryl methyl sites for hydroxylation is 1. The Labute approximate surface area is 169 Å². The number of nitrogens with zero attached hydrogens (tertiary/aromatic N) is 2. The van der Waals surface area contributed by atoms with Gasteiger partial charge in [-0.15, -0.1) is 0 Å². The van der Waals surface area contributed by atoms with Crippen LogP contribution in [0, 0.1) is 12.8 Å². The van der Waals surface area contributed by atoms with Crippen LogP contribution < -0.4 is 5.32 Å². The summed E-state index contributed by atoms with van der Waals surface area (Å²) >= 11 is 0. The molecule has 1 saturated heterocycles. The van der Waals surface area contributed by atoms with Crippen molar-refractivity contribution in [2.24, 2.45) is 5.92 Å². The number of rotatable bonds is 5. The van der Waals surface area contributed by atoms with Gasteiger partial charge in [0.15, 0.2) is 0 Å². The van der Waals surface area contributed by atoms with Crippen molar-refractivity contribution in [2.75, 3.05) is 25.0 Å². The fourth-order valence-corrected chi connectivity index (χ4v) is 4.38. The molecule has 5 nitrogen and oxygen atoms in total. The number of urea groups is 1. The number of carbonyl (C=O) groups is 2. The van der Waals surface area contributed by atoms with Crippen LogP contribution >= 0.6 is 0 Å². The van der Waals surface area contributed by atoms with Gasteiger partial charge in [-0.2, -0.15) is 0 Å². The van der Waals surface area contributed by atoms with Crippen molar-refractivity contribution >= 4 is 17.6 Å². The van der Waals surface area contributed by atoms with Crippen molar-refractivity contribution in [3.8, 4) is 0 Å². The van der Waals surface area contributed by atoms with E-state index in [4.69, 9.17) is 0 Å². The van der Waals surface area contributed by atoms with Gasteiger partial charge in [-0.3, -0.25) is 4.79 Å². The van der Waals surface area contributed by atoms with Crippen LogP contribution in [0.2, 0.25) is 0 Å². The predicted octanol–water partition coefficient (Wildman–Crippen LogP) is 4.81. The molecule has 2 fully saturated rings. The van der Waals surface area contributed by atoms with E-state index < -0.39 is 0 Å². The Balaban J connectivity index is 1.62. The van der Waals surface area contributed by atoms with Crippen molar-refractivity contribution < 1.29 is 9.59 Å². The number of hydrogen-bond donors (Lipinski definition) is 1. The minimum Gasteiger partial charge on any atom is -0.343 e. The highest BCUT2D eigenvalue weighted by atomic mass is 16.2. The maximum atomic E-state index is 13.1. The van der Waals surface area contributed by atoms with E-state index in [9.17, 15) is 9.59 Å². The number of anilines is 1. The number of benzene rings is 1. The quantitative estimate of drug-likeness (QED) is 0.791. The van der Waals surface area contributed by atoms with E-state index in [2.05, 4.69) is 12.2 Å². The van der Waals surface area contributed by atoms with E-state index in [-0.39, 0.29) is 18.0 Å². The van der Waals surface area contributed by atoms with Gasteiger partial charge in [-0.25, -0.2) is 4.79 Å². The standard InChI is InChI=1S/C23H35N3O2/c1-18-12-15-25(16-13-18)22(27)14-17-26(20-9-4-3-5-10-20)23(28)24-21-11-7-6-8-19(21)2/h6-8,11,18,20H,3-5,9-10,12-17H2,1-2H3,(H,24,28). The summed E-state index contributed by atoms with van der Waals surface area (Å²) in [5.74, 6) is 0.902. The summed E-state index contributed by atoms with van der Waals surface area (Å²) in [5, 5.41) is 3.08. The van der Waals surface area contributed by atoms with Crippen molar-refractivity contribution in [3.05, 3.63) is 29.8 Å². The summed E-state index contributed by atoms with van der Waals surface area (Å²) in [5.41, 5.74) is 1.91. The molecule has 5 heteroatoms. The summed E-state index contributed by atoms with van der Waals surface area (Å²) in [6.45, 7) is 6.48. The lowest BCUT2D eigenvalue weighted by atomic mass is 9.94. The molecule has 0 radical (unpaired) electrons. The maximum Gasteiger partial charge on any atom is 0.322 e. The number of likely N-dealkylation sites (tertiary alicyclic amines) is 1. The average molecular weight is 386 g/mol. The Kier molecular flexibility index (Phi) is 7.35. The van der Waals surface area contributed by atoms with Crippen molar-refractivity contribution in [1.82, 2.24) is 9.80 Å². The van der Waals surface area contributed by atoms with Gasteiger partial charge >= 0.3 is 6.03 Å². The normalized spacial score (nSPS) is 18.7. The third kappa shape index (κ3) is 5.49.